The summed E-state index contributed by atoms with van der Waals surface area (Å²) in [7, 11) is 0. The number of hydrogen-bond donors (Lipinski definition) is 0. The van der Waals surface area contributed by atoms with Crippen molar-refractivity contribution in [3.8, 4) is 0 Å². The van der Waals surface area contributed by atoms with Gasteiger partial charge in [-0.2, -0.15) is 0 Å². The van der Waals surface area contributed by atoms with Crippen molar-refractivity contribution < 1.29 is 0 Å². The molecule has 0 amide bonds. The minimum atomic E-state index is 0.638. The SMILES string of the molecule is Cc1cc(C)c(C(C)C)c(C)c1C. The van der Waals surface area contributed by atoms with Crippen molar-refractivity contribution in [2.45, 2.75) is 47.5 Å². The minimum Gasteiger partial charge on any atom is -0.0587 e. The van der Waals surface area contributed by atoms with Crippen LogP contribution < -0.4 is 0 Å². The zero-order chi connectivity index (χ0) is 10.2. The maximum atomic E-state index is 2.30. The van der Waals surface area contributed by atoms with E-state index in [4.69, 9.17) is 0 Å². The van der Waals surface area contributed by atoms with E-state index in [9.17, 15) is 0 Å². The lowest BCUT2D eigenvalue weighted by Gasteiger charge is -2.17. The van der Waals surface area contributed by atoms with Crippen molar-refractivity contribution in [3.05, 3.63) is 33.9 Å². The molecule has 0 heteroatoms. The van der Waals surface area contributed by atoms with E-state index in [1.165, 1.54) is 27.8 Å². The third kappa shape index (κ3) is 1.77. The normalized spacial score (nSPS) is 11.0. The third-order valence-electron chi connectivity index (χ3n) is 2.99. The maximum Gasteiger partial charge on any atom is -0.0213 e. The summed E-state index contributed by atoms with van der Waals surface area (Å²) >= 11 is 0. The molecular formula is C13H20. The van der Waals surface area contributed by atoms with Crippen molar-refractivity contribution in [1.29, 1.82) is 0 Å². The summed E-state index contributed by atoms with van der Waals surface area (Å²) in [6, 6.07) is 2.30. The molecule has 0 N–H and O–H groups in total. The van der Waals surface area contributed by atoms with Crippen LogP contribution in [0.4, 0.5) is 0 Å². The topological polar surface area (TPSA) is 0 Å². The van der Waals surface area contributed by atoms with Gasteiger partial charge in [0.2, 0.25) is 0 Å². The van der Waals surface area contributed by atoms with E-state index < -0.39 is 0 Å². The Morgan fingerprint density at radius 2 is 1.38 bits per heavy atom. The first kappa shape index (κ1) is 10.3. The van der Waals surface area contributed by atoms with Gasteiger partial charge in [-0.3, -0.25) is 0 Å². The Balaban J connectivity index is 3.44. The van der Waals surface area contributed by atoms with Gasteiger partial charge >= 0.3 is 0 Å². The van der Waals surface area contributed by atoms with Gasteiger partial charge in [0, 0.05) is 0 Å². The van der Waals surface area contributed by atoms with Crippen LogP contribution in [0.3, 0.4) is 0 Å². The fourth-order valence-electron chi connectivity index (χ4n) is 2.19. The van der Waals surface area contributed by atoms with E-state index in [0.717, 1.165) is 0 Å². The second-order valence-electron chi connectivity index (χ2n) is 4.33. The summed E-state index contributed by atoms with van der Waals surface area (Å²) in [5.41, 5.74) is 7.32. The van der Waals surface area contributed by atoms with E-state index >= 15 is 0 Å². The summed E-state index contributed by atoms with van der Waals surface area (Å²) in [5.74, 6) is 0.638. The van der Waals surface area contributed by atoms with Crippen molar-refractivity contribution in [3.63, 3.8) is 0 Å². The fourth-order valence-corrected chi connectivity index (χ4v) is 2.19. The number of benzene rings is 1. The van der Waals surface area contributed by atoms with Gasteiger partial charge in [-0.1, -0.05) is 19.9 Å². The predicted molar refractivity (Wildman–Crippen MR) is 59.5 cm³/mol. The molecule has 0 aliphatic rings. The molecule has 0 heterocycles. The Kier molecular flexibility index (Phi) is 2.80. The van der Waals surface area contributed by atoms with Gasteiger partial charge < -0.3 is 0 Å². The smallest absolute Gasteiger partial charge is 0.0213 e. The molecule has 0 aliphatic carbocycles. The molecule has 13 heavy (non-hydrogen) atoms. The highest BCUT2D eigenvalue weighted by atomic mass is 14.1. The molecule has 0 unspecified atom stereocenters. The number of aryl methyl sites for hydroxylation is 2. The van der Waals surface area contributed by atoms with Crippen LogP contribution in [-0.2, 0) is 0 Å². The highest BCUT2D eigenvalue weighted by molar-refractivity contribution is 5.45. The average molecular weight is 176 g/mol. The Hall–Kier alpha value is -0.780. The average Bonchev–Trinajstić information content (AvgIpc) is 1.99. The van der Waals surface area contributed by atoms with Crippen LogP contribution in [-0.4, -0.2) is 0 Å². The van der Waals surface area contributed by atoms with Gasteiger partial charge in [0.25, 0.3) is 0 Å². The second-order valence-corrected chi connectivity index (χ2v) is 4.33. The fraction of sp³-hybridized carbons (Fsp3) is 0.538. The van der Waals surface area contributed by atoms with Gasteiger partial charge in [0.05, 0.1) is 0 Å². The molecule has 0 saturated heterocycles. The zero-order valence-electron chi connectivity index (χ0n) is 9.65. The molecule has 1 aromatic rings. The van der Waals surface area contributed by atoms with Gasteiger partial charge in [-0.05, 0) is 61.4 Å². The summed E-state index contributed by atoms with van der Waals surface area (Å²) in [6.07, 6.45) is 0. The summed E-state index contributed by atoms with van der Waals surface area (Å²) in [5, 5.41) is 0. The van der Waals surface area contributed by atoms with E-state index in [0.29, 0.717) is 5.92 Å². The van der Waals surface area contributed by atoms with Crippen LogP contribution in [0.1, 0.15) is 47.6 Å². The summed E-state index contributed by atoms with van der Waals surface area (Å²) in [6.45, 7) is 13.4. The van der Waals surface area contributed by atoms with Gasteiger partial charge in [0.1, 0.15) is 0 Å². The minimum absolute atomic E-state index is 0.638. The molecule has 72 valence electrons. The Bertz CT molecular complexity index is 319. The van der Waals surface area contributed by atoms with Gasteiger partial charge in [0.15, 0.2) is 0 Å². The Labute approximate surface area is 82.0 Å². The van der Waals surface area contributed by atoms with Gasteiger partial charge in [-0.15, -0.1) is 0 Å². The first-order chi connectivity index (χ1) is 5.95. The van der Waals surface area contributed by atoms with Crippen LogP contribution in [0, 0.1) is 27.7 Å². The van der Waals surface area contributed by atoms with E-state index in [1.54, 1.807) is 0 Å². The molecule has 0 aliphatic heterocycles. The van der Waals surface area contributed by atoms with Crippen molar-refractivity contribution in [2.24, 2.45) is 0 Å². The predicted octanol–water partition coefficient (Wildman–Crippen LogP) is 4.04. The number of hydrogen-bond acceptors (Lipinski definition) is 0. The lowest BCUT2D eigenvalue weighted by atomic mass is 9.88. The van der Waals surface area contributed by atoms with E-state index in [1.807, 2.05) is 0 Å². The molecule has 0 bridgehead atoms. The molecule has 0 fully saturated rings. The Morgan fingerprint density at radius 1 is 0.846 bits per heavy atom. The molecule has 1 aromatic carbocycles. The molecule has 0 nitrogen and oxygen atoms in total. The summed E-state index contributed by atoms with van der Waals surface area (Å²) in [4.78, 5) is 0. The molecular weight excluding hydrogens is 156 g/mol. The maximum absolute atomic E-state index is 2.30. The zero-order valence-corrected chi connectivity index (χ0v) is 9.65. The summed E-state index contributed by atoms with van der Waals surface area (Å²) < 4.78 is 0. The first-order valence-corrected chi connectivity index (χ1v) is 5.02. The monoisotopic (exact) mass is 176 g/mol. The van der Waals surface area contributed by atoms with Crippen LogP contribution in [0.2, 0.25) is 0 Å². The highest BCUT2D eigenvalue weighted by Gasteiger charge is 2.10. The molecule has 0 aromatic heterocycles. The largest absolute Gasteiger partial charge is 0.0587 e. The number of rotatable bonds is 1. The van der Waals surface area contributed by atoms with Crippen LogP contribution >= 0.6 is 0 Å². The Morgan fingerprint density at radius 3 is 1.85 bits per heavy atom. The van der Waals surface area contributed by atoms with E-state index in [-0.39, 0.29) is 0 Å². The van der Waals surface area contributed by atoms with Crippen LogP contribution in [0.15, 0.2) is 6.07 Å². The molecule has 0 spiro atoms. The van der Waals surface area contributed by atoms with Crippen molar-refractivity contribution in [2.75, 3.05) is 0 Å². The van der Waals surface area contributed by atoms with Crippen LogP contribution in [0.25, 0.3) is 0 Å². The lowest BCUT2D eigenvalue weighted by Crippen LogP contribution is -2.00. The highest BCUT2D eigenvalue weighted by Crippen LogP contribution is 2.27. The molecule has 1 rings (SSSR count). The second kappa shape index (κ2) is 3.53. The molecule has 0 saturated carbocycles. The van der Waals surface area contributed by atoms with Crippen molar-refractivity contribution in [1.82, 2.24) is 0 Å². The lowest BCUT2D eigenvalue weighted by molar-refractivity contribution is 0.841. The standard InChI is InChI=1S/C13H20/c1-8(2)13-10(4)7-9(3)11(5)12(13)6/h7-8H,1-6H3. The first-order valence-electron chi connectivity index (χ1n) is 5.02. The molecule has 0 atom stereocenters. The quantitative estimate of drug-likeness (QED) is 0.605. The van der Waals surface area contributed by atoms with Gasteiger partial charge in [-0.25, -0.2) is 0 Å². The van der Waals surface area contributed by atoms with Crippen molar-refractivity contribution >= 4 is 0 Å². The third-order valence-corrected chi connectivity index (χ3v) is 2.99. The van der Waals surface area contributed by atoms with E-state index in [2.05, 4.69) is 47.6 Å². The molecule has 0 radical (unpaired) electrons. The van der Waals surface area contributed by atoms with Crippen LogP contribution in [0.5, 0.6) is 0 Å².